The number of nitrogens with zero attached hydrogens (tertiary/aromatic N) is 2. The van der Waals surface area contributed by atoms with Crippen LogP contribution in [0, 0.1) is 0 Å². The normalized spacial score (nSPS) is 12.9. The molecule has 0 saturated carbocycles. The molecule has 8 heteroatoms. The SMILES string of the molecule is CC(=O)OCN=C(C)N(O)CCCC[C@H](N)C(=O)O. The summed E-state index contributed by atoms with van der Waals surface area (Å²) in [6, 6.07) is -0.870. The second-order valence-corrected chi connectivity index (χ2v) is 4.03. The van der Waals surface area contributed by atoms with Gasteiger partial charge < -0.3 is 15.6 Å². The maximum atomic E-state index is 10.5. The zero-order valence-electron chi connectivity index (χ0n) is 11.2. The average molecular weight is 275 g/mol. The third kappa shape index (κ3) is 8.97. The van der Waals surface area contributed by atoms with Crippen LogP contribution in [0.4, 0.5) is 0 Å². The lowest BCUT2D eigenvalue weighted by molar-refractivity contribution is -0.141. The highest BCUT2D eigenvalue weighted by Gasteiger charge is 2.10. The van der Waals surface area contributed by atoms with Gasteiger partial charge in [-0.05, 0) is 26.2 Å². The Morgan fingerprint density at radius 3 is 2.53 bits per heavy atom. The quantitative estimate of drug-likeness (QED) is 0.190. The van der Waals surface area contributed by atoms with Gasteiger partial charge in [0.2, 0.25) is 0 Å². The molecule has 0 fully saturated rings. The number of rotatable bonds is 8. The van der Waals surface area contributed by atoms with Gasteiger partial charge in [-0.25, -0.2) is 10.1 Å². The molecule has 0 aromatic carbocycles. The second-order valence-electron chi connectivity index (χ2n) is 4.03. The molecule has 0 bridgehead atoms. The lowest BCUT2D eigenvalue weighted by Gasteiger charge is -2.16. The first-order valence-electron chi connectivity index (χ1n) is 5.93. The number of unbranched alkanes of at least 4 members (excludes halogenated alkanes) is 1. The first kappa shape index (κ1) is 17.3. The van der Waals surface area contributed by atoms with Crippen LogP contribution in [0.25, 0.3) is 0 Å². The van der Waals surface area contributed by atoms with Crippen LogP contribution in [0.2, 0.25) is 0 Å². The Kier molecular flexibility index (Phi) is 8.47. The number of esters is 1. The first-order chi connectivity index (χ1) is 8.84. The van der Waals surface area contributed by atoms with E-state index in [0.717, 1.165) is 5.06 Å². The fourth-order valence-electron chi connectivity index (χ4n) is 1.21. The van der Waals surface area contributed by atoms with Crippen LogP contribution in [0.5, 0.6) is 0 Å². The van der Waals surface area contributed by atoms with E-state index < -0.39 is 18.0 Å². The minimum absolute atomic E-state index is 0.137. The summed E-state index contributed by atoms with van der Waals surface area (Å²) in [4.78, 5) is 24.8. The molecule has 110 valence electrons. The van der Waals surface area contributed by atoms with Gasteiger partial charge in [0, 0.05) is 13.5 Å². The van der Waals surface area contributed by atoms with Gasteiger partial charge in [-0.1, -0.05) is 0 Å². The van der Waals surface area contributed by atoms with Gasteiger partial charge in [0.1, 0.15) is 11.9 Å². The van der Waals surface area contributed by atoms with Crippen molar-refractivity contribution in [2.75, 3.05) is 13.3 Å². The van der Waals surface area contributed by atoms with Crippen molar-refractivity contribution < 1.29 is 24.6 Å². The van der Waals surface area contributed by atoms with E-state index in [9.17, 15) is 14.8 Å². The lowest BCUT2D eigenvalue weighted by Crippen LogP contribution is -2.30. The molecule has 0 rings (SSSR count). The van der Waals surface area contributed by atoms with Crippen LogP contribution in [-0.2, 0) is 14.3 Å². The van der Waals surface area contributed by atoms with Crippen LogP contribution >= 0.6 is 0 Å². The molecular formula is C11H21N3O5. The molecule has 0 unspecified atom stereocenters. The molecular weight excluding hydrogens is 254 g/mol. The predicted octanol–water partition coefficient (Wildman–Crippen LogP) is 0.199. The molecule has 0 heterocycles. The van der Waals surface area contributed by atoms with Gasteiger partial charge in [-0.3, -0.25) is 14.8 Å². The van der Waals surface area contributed by atoms with Crippen LogP contribution in [-0.4, -0.2) is 52.5 Å². The molecule has 0 aliphatic heterocycles. The molecule has 4 N–H and O–H groups in total. The molecule has 1 atom stereocenters. The summed E-state index contributed by atoms with van der Waals surface area (Å²) in [5, 5.41) is 19.1. The third-order valence-electron chi connectivity index (χ3n) is 2.39. The summed E-state index contributed by atoms with van der Waals surface area (Å²) in [5.41, 5.74) is 5.34. The summed E-state index contributed by atoms with van der Waals surface area (Å²) in [5.74, 6) is -1.15. The van der Waals surface area contributed by atoms with E-state index >= 15 is 0 Å². The van der Waals surface area contributed by atoms with E-state index in [2.05, 4.69) is 9.73 Å². The van der Waals surface area contributed by atoms with Crippen LogP contribution in [0.15, 0.2) is 4.99 Å². The summed E-state index contributed by atoms with van der Waals surface area (Å²) in [6.45, 7) is 3.02. The van der Waals surface area contributed by atoms with Crippen molar-refractivity contribution >= 4 is 17.8 Å². The van der Waals surface area contributed by atoms with Gasteiger partial charge in [0.15, 0.2) is 6.73 Å². The highest BCUT2D eigenvalue weighted by Crippen LogP contribution is 2.01. The molecule has 0 aromatic heterocycles. The number of hydroxylamine groups is 2. The Labute approximate surface area is 111 Å². The number of aliphatic imine (C=N–C) groups is 1. The lowest BCUT2D eigenvalue weighted by atomic mass is 10.1. The number of carbonyl (C=O) groups excluding carboxylic acids is 1. The van der Waals surface area contributed by atoms with Crippen molar-refractivity contribution in [1.82, 2.24) is 5.06 Å². The van der Waals surface area contributed by atoms with Crippen LogP contribution in [0.1, 0.15) is 33.1 Å². The van der Waals surface area contributed by atoms with Crippen LogP contribution in [0.3, 0.4) is 0 Å². The summed E-state index contributed by atoms with van der Waals surface area (Å²) < 4.78 is 4.60. The van der Waals surface area contributed by atoms with Crippen molar-refractivity contribution in [3.8, 4) is 0 Å². The Balaban J connectivity index is 3.81. The fraction of sp³-hybridized carbons (Fsp3) is 0.727. The minimum atomic E-state index is -1.03. The average Bonchev–Trinajstić information content (AvgIpc) is 2.33. The number of nitrogens with two attached hydrogens (primary N) is 1. The van der Waals surface area contributed by atoms with Gasteiger partial charge in [0.05, 0.1) is 0 Å². The van der Waals surface area contributed by atoms with E-state index in [0.29, 0.717) is 31.6 Å². The number of carboxylic acids is 1. The molecule has 0 amide bonds. The van der Waals surface area contributed by atoms with E-state index in [-0.39, 0.29) is 6.73 Å². The van der Waals surface area contributed by atoms with Gasteiger partial charge in [-0.2, -0.15) is 0 Å². The zero-order valence-corrected chi connectivity index (χ0v) is 11.2. The van der Waals surface area contributed by atoms with E-state index in [4.69, 9.17) is 10.8 Å². The minimum Gasteiger partial charge on any atom is -0.480 e. The van der Waals surface area contributed by atoms with E-state index in [1.807, 2.05) is 0 Å². The Morgan fingerprint density at radius 2 is 2.00 bits per heavy atom. The Bertz CT molecular complexity index is 332. The number of carboxylic acid groups (broad SMARTS) is 1. The monoisotopic (exact) mass is 275 g/mol. The molecule has 0 aromatic rings. The van der Waals surface area contributed by atoms with Crippen molar-refractivity contribution in [3.05, 3.63) is 0 Å². The maximum Gasteiger partial charge on any atom is 0.320 e. The van der Waals surface area contributed by atoms with Gasteiger partial charge >= 0.3 is 11.9 Å². The number of hydrogen-bond donors (Lipinski definition) is 3. The number of amidine groups is 1. The zero-order chi connectivity index (χ0) is 14.8. The first-order valence-corrected chi connectivity index (χ1v) is 5.93. The van der Waals surface area contributed by atoms with Crippen molar-refractivity contribution in [3.63, 3.8) is 0 Å². The van der Waals surface area contributed by atoms with Gasteiger partial charge in [0.25, 0.3) is 0 Å². The number of carbonyl (C=O) groups is 2. The third-order valence-corrected chi connectivity index (χ3v) is 2.39. The molecule has 0 spiro atoms. The van der Waals surface area contributed by atoms with E-state index in [1.165, 1.54) is 6.92 Å². The molecule has 0 aliphatic carbocycles. The highest BCUT2D eigenvalue weighted by atomic mass is 16.5. The van der Waals surface area contributed by atoms with Crippen molar-refractivity contribution in [2.45, 2.75) is 39.2 Å². The van der Waals surface area contributed by atoms with Crippen molar-refractivity contribution in [1.29, 1.82) is 0 Å². The standard InChI is InChI=1S/C11H21N3O5/c1-8(13-7-19-9(2)15)14(18)6-4-3-5-10(12)11(16)17/h10,18H,3-7,12H2,1-2H3,(H,16,17)/t10-/m0/s1. The summed E-state index contributed by atoms with van der Waals surface area (Å²) in [6.07, 6.45) is 1.52. The number of hydrogen-bond acceptors (Lipinski definition) is 6. The Hall–Kier alpha value is -1.67. The van der Waals surface area contributed by atoms with Gasteiger partial charge in [-0.15, -0.1) is 0 Å². The maximum absolute atomic E-state index is 10.5. The summed E-state index contributed by atoms with van der Waals surface area (Å²) in [7, 11) is 0. The largest absolute Gasteiger partial charge is 0.480 e. The molecule has 0 aliphatic rings. The van der Waals surface area contributed by atoms with Crippen molar-refractivity contribution in [2.24, 2.45) is 10.7 Å². The Morgan fingerprint density at radius 1 is 1.37 bits per heavy atom. The molecule has 0 saturated heterocycles. The number of ether oxygens (including phenoxy) is 1. The van der Waals surface area contributed by atoms with E-state index in [1.54, 1.807) is 6.92 Å². The van der Waals surface area contributed by atoms with Crippen LogP contribution < -0.4 is 5.73 Å². The second kappa shape index (κ2) is 9.29. The predicted molar refractivity (Wildman–Crippen MR) is 67.7 cm³/mol. The molecule has 19 heavy (non-hydrogen) atoms. The molecule has 0 radical (unpaired) electrons. The number of aliphatic carboxylic acids is 1. The smallest absolute Gasteiger partial charge is 0.320 e. The fourth-order valence-corrected chi connectivity index (χ4v) is 1.21. The topological polar surface area (TPSA) is 125 Å². The molecule has 8 nitrogen and oxygen atoms in total. The highest BCUT2D eigenvalue weighted by molar-refractivity contribution is 5.78. The summed E-state index contributed by atoms with van der Waals surface area (Å²) >= 11 is 0.